The third kappa shape index (κ3) is 1.07. The summed E-state index contributed by atoms with van der Waals surface area (Å²) in [7, 11) is 0. The fraction of sp³-hybridized carbons (Fsp3) is 0.286. The summed E-state index contributed by atoms with van der Waals surface area (Å²) in [4.78, 5) is 0. The smallest absolute Gasteiger partial charge is 0.00515 e. The Morgan fingerprint density at radius 1 is 1.21 bits per heavy atom. The van der Waals surface area contributed by atoms with E-state index in [-0.39, 0.29) is 0 Å². The number of fused-ring (bicyclic) bond motifs is 2. The zero-order valence-electron chi connectivity index (χ0n) is 8.51. The van der Waals surface area contributed by atoms with Crippen molar-refractivity contribution >= 4 is 5.57 Å². The van der Waals surface area contributed by atoms with E-state index in [2.05, 4.69) is 37.3 Å². The standard InChI is InChI=1S/C14H14/c1-10-6-7-14-12(8-10)9-11-4-2-3-5-13(11)14/h3,5-8H,2,4,9H2,1H3. The topological polar surface area (TPSA) is 0 Å². The highest BCUT2D eigenvalue weighted by atomic mass is 14.2. The van der Waals surface area contributed by atoms with Gasteiger partial charge in [-0.1, -0.05) is 41.5 Å². The normalized spacial score (nSPS) is 18.4. The number of aryl methyl sites for hydroxylation is 1. The molecule has 0 unspecified atom stereocenters. The summed E-state index contributed by atoms with van der Waals surface area (Å²) in [6.45, 7) is 2.17. The Bertz CT molecular complexity index is 447. The van der Waals surface area contributed by atoms with Crippen LogP contribution in [0.1, 0.15) is 29.5 Å². The van der Waals surface area contributed by atoms with Gasteiger partial charge in [0.05, 0.1) is 0 Å². The lowest BCUT2D eigenvalue weighted by Gasteiger charge is -2.07. The van der Waals surface area contributed by atoms with E-state index in [0.29, 0.717) is 0 Å². The van der Waals surface area contributed by atoms with Crippen molar-refractivity contribution in [3.63, 3.8) is 0 Å². The summed E-state index contributed by atoms with van der Waals surface area (Å²) in [6.07, 6.45) is 8.29. The van der Waals surface area contributed by atoms with Crippen molar-refractivity contribution in [3.05, 3.63) is 52.6 Å². The van der Waals surface area contributed by atoms with Gasteiger partial charge in [-0.05, 0) is 42.9 Å². The highest BCUT2D eigenvalue weighted by Gasteiger charge is 2.20. The van der Waals surface area contributed by atoms with E-state index >= 15 is 0 Å². The van der Waals surface area contributed by atoms with Crippen molar-refractivity contribution in [1.82, 2.24) is 0 Å². The van der Waals surface area contributed by atoms with Crippen LogP contribution in [-0.4, -0.2) is 0 Å². The van der Waals surface area contributed by atoms with E-state index in [0.717, 1.165) is 0 Å². The van der Waals surface area contributed by atoms with Gasteiger partial charge in [0.1, 0.15) is 0 Å². The van der Waals surface area contributed by atoms with Gasteiger partial charge in [-0.2, -0.15) is 0 Å². The molecule has 1 aromatic rings. The summed E-state index contributed by atoms with van der Waals surface area (Å²) in [5, 5.41) is 0. The third-order valence-corrected chi connectivity index (χ3v) is 3.23. The fourth-order valence-electron chi connectivity index (χ4n) is 2.54. The van der Waals surface area contributed by atoms with Crippen LogP contribution >= 0.6 is 0 Å². The van der Waals surface area contributed by atoms with Gasteiger partial charge in [-0.25, -0.2) is 0 Å². The lowest BCUT2D eigenvalue weighted by Crippen LogP contribution is -1.87. The first kappa shape index (κ1) is 8.05. The van der Waals surface area contributed by atoms with Crippen molar-refractivity contribution in [2.45, 2.75) is 26.2 Å². The summed E-state index contributed by atoms with van der Waals surface area (Å²) >= 11 is 0. The first-order chi connectivity index (χ1) is 6.84. The van der Waals surface area contributed by atoms with Gasteiger partial charge in [-0.3, -0.25) is 0 Å². The Morgan fingerprint density at radius 2 is 2.14 bits per heavy atom. The summed E-state index contributed by atoms with van der Waals surface area (Å²) in [5.41, 5.74) is 7.54. The first-order valence-corrected chi connectivity index (χ1v) is 5.33. The predicted molar refractivity (Wildman–Crippen MR) is 60.2 cm³/mol. The minimum atomic E-state index is 1.19. The minimum Gasteiger partial charge on any atom is -0.0836 e. The minimum absolute atomic E-state index is 1.19. The molecule has 1 aromatic carbocycles. The molecule has 3 rings (SSSR count). The largest absolute Gasteiger partial charge is 0.0836 e. The molecule has 0 aromatic heterocycles. The van der Waals surface area contributed by atoms with Crippen LogP contribution in [0.3, 0.4) is 0 Å². The molecule has 0 aliphatic heterocycles. The molecular formula is C14H14. The zero-order chi connectivity index (χ0) is 9.54. The molecular weight excluding hydrogens is 168 g/mol. The van der Waals surface area contributed by atoms with Crippen LogP contribution < -0.4 is 0 Å². The highest BCUT2D eigenvalue weighted by Crippen LogP contribution is 2.38. The monoisotopic (exact) mass is 182 g/mol. The molecule has 0 spiro atoms. The van der Waals surface area contributed by atoms with E-state index in [1.807, 2.05) is 0 Å². The Labute approximate surface area is 85.0 Å². The second-order valence-electron chi connectivity index (χ2n) is 4.30. The van der Waals surface area contributed by atoms with Crippen molar-refractivity contribution in [3.8, 4) is 0 Å². The van der Waals surface area contributed by atoms with Crippen LogP contribution in [0.2, 0.25) is 0 Å². The van der Waals surface area contributed by atoms with Crippen LogP contribution in [0.15, 0.2) is 35.9 Å². The van der Waals surface area contributed by atoms with E-state index in [9.17, 15) is 0 Å². The molecule has 0 atom stereocenters. The number of allylic oxidation sites excluding steroid dienone is 4. The summed E-state index contributed by atoms with van der Waals surface area (Å²) in [6, 6.07) is 6.83. The number of benzene rings is 1. The molecule has 0 bridgehead atoms. The molecule has 0 amide bonds. The van der Waals surface area contributed by atoms with Crippen LogP contribution in [0, 0.1) is 6.92 Å². The number of hydrogen-bond acceptors (Lipinski definition) is 0. The first-order valence-electron chi connectivity index (χ1n) is 5.33. The van der Waals surface area contributed by atoms with Gasteiger partial charge in [0.25, 0.3) is 0 Å². The molecule has 0 N–H and O–H groups in total. The van der Waals surface area contributed by atoms with Gasteiger partial charge < -0.3 is 0 Å². The molecule has 0 fully saturated rings. The molecule has 0 radical (unpaired) electrons. The maximum Gasteiger partial charge on any atom is -0.00515 e. The molecule has 2 aliphatic carbocycles. The van der Waals surface area contributed by atoms with Crippen molar-refractivity contribution < 1.29 is 0 Å². The van der Waals surface area contributed by atoms with Gasteiger partial charge in [-0.15, -0.1) is 0 Å². The van der Waals surface area contributed by atoms with Gasteiger partial charge >= 0.3 is 0 Å². The van der Waals surface area contributed by atoms with Gasteiger partial charge in [0.15, 0.2) is 0 Å². The molecule has 0 nitrogen and oxygen atoms in total. The second-order valence-corrected chi connectivity index (χ2v) is 4.30. The van der Waals surface area contributed by atoms with Gasteiger partial charge in [0.2, 0.25) is 0 Å². The van der Waals surface area contributed by atoms with E-state index < -0.39 is 0 Å². The van der Waals surface area contributed by atoms with Crippen LogP contribution in [-0.2, 0) is 6.42 Å². The van der Waals surface area contributed by atoms with E-state index in [1.54, 1.807) is 5.57 Å². The maximum absolute atomic E-state index is 2.33. The summed E-state index contributed by atoms with van der Waals surface area (Å²) < 4.78 is 0. The molecule has 0 heteroatoms. The molecule has 70 valence electrons. The maximum atomic E-state index is 2.33. The Kier molecular flexibility index (Phi) is 1.63. The Balaban J connectivity index is 2.15. The van der Waals surface area contributed by atoms with Crippen LogP contribution in [0.25, 0.3) is 5.57 Å². The van der Waals surface area contributed by atoms with Crippen molar-refractivity contribution in [2.24, 2.45) is 0 Å². The average molecular weight is 182 g/mol. The summed E-state index contributed by atoms with van der Waals surface area (Å²) in [5.74, 6) is 0. The highest BCUT2D eigenvalue weighted by molar-refractivity contribution is 5.83. The number of hydrogen-bond donors (Lipinski definition) is 0. The van der Waals surface area contributed by atoms with Crippen LogP contribution in [0.4, 0.5) is 0 Å². The molecule has 14 heavy (non-hydrogen) atoms. The predicted octanol–water partition coefficient (Wildman–Crippen LogP) is 3.65. The van der Waals surface area contributed by atoms with E-state index in [1.165, 1.54) is 41.5 Å². The van der Waals surface area contributed by atoms with Crippen LogP contribution in [0.5, 0.6) is 0 Å². The lowest BCUT2D eigenvalue weighted by atomic mass is 9.98. The molecule has 2 aliphatic rings. The molecule has 0 heterocycles. The fourth-order valence-corrected chi connectivity index (χ4v) is 2.54. The third-order valence-electron chi connectivity index (χ3n) is 3.23. The second kappa shape index (κ2) is 2.84. The van der Waals surface area contributed by atoms with Gasteiger partial charge in [0, 0.05) is 0 Å². The molecule has 0 saturated heterocycles. The SMILES string of the molecule is Cc1ccc2c(c1)CC1=C2C=CCC1. The van der Waals surface area contributed by atoms with Crippen molar-refractivity contribution in [1.29, 1.82) is 0 Å². The van der Waals surface area contributed by atoms with Crippen molar-refractivity contribution in [2.75, 3.05) is 0 Å². The lowest BCUT2D eigenvalue weighted by molar-refractivity contribution is 0.935. The zero-order valence-corrected chi connectivity index (χ0v) is 8.51. The Hall–Kier alpha value is -1.30. The quantitative estimate of drug-likeness (QED) is 0.574. The number of rotatable bonds is 0. The average Bonchev–Trinajstić information content (AvgIpc) is 2.54. The molecule has 0 saturated carbocycles. The Morgan fingerprint density at radius 3 is 3.07 bits per heavy atom. The van der Waals surface area contributed by atoms with E-state index in [4.69, 9.17) is 0 Å².